The first kappa shape index (κ1) is 15.3. The molecule has 8 nitrogen and oxygen atoms in total. The number of rotatable bonds is 4. The van der Waals surface area contributed by atoms with Crippen LogP contribution in [0.15, 0.2) is 12.1 Å². The molecule has 106 valence electrons. The predicted octanol–water partition coefficient (Wildman–Crippen LogP) is 0.733. The van der Waals surface area contributed by atoms with E-state index in [4.69, 9.17) is 14.6 Å². The quantitative estimate of drug-likeness (QED) is 0.474. The van der Waals surface area contributed by atoms with E-state index < -0.39 is 22.7 Å². The third-order valence-corrected chi connectivity index (χ3v) is 2.34. The molecule has 0 bridgehead atoms. The van der Waals surface area contributed by atoms with Gasteiger partial charge in [0.05, 0.1) is 30.8 Å². The first-order chi connectivity index (χ1) is 9.40. The van der Waals surface area contributed by atoms with Crippen molar-refractivity contribution in [3.63, 3.8) is 0 Å². The number of nitrogens with zero attached hydrogens (tertiary/aromatic N) is 1. The number of ether oxygens (including phenoxy) is 2. The van der Waals surface area contributed by atoms with Crippen LogP contribution in [0.4, 0.5) is 5.69 Å². The molecule has 1 rings (SSSR count). The Hall–Kier alpha value is -2.79. The van der Waals surface area contributed by atoms with Gasteiger partial charge in [-0.3, -0.25) is 10.1 Å². The maximum Gasteiger partial charge on any atom is 0.382 e. The molecule has 0 aliphatic rings. The largest absolute Gasteiger partial charge is 0.493 e. The van der Waals surface area contributed by atoms with E-state index in [2.05, 4.69) is 0 Å². The van der Waals surface area contributed by atoms with E-state index in [0.717, 1.165) is 6.07 Å². The number of aliphatic hydroxyl groups excluding tert-OH is 1. The lowest BCUT2D eigenvalue weighted by Crippen LogP contribution is -2.03. The van der Waals surface area contributed by atoms with Crippen LogP contribution < -0.4 is 9.47 Å². The second kappa shape index (κ2) is 6.40. The summed E-state index contributed by atoms with van der Waals surface area (Å²) in [5, 5.41) is 29.1. The van der Waals surface area contributed by atoms with Crippen LogP contribution in [0.25, 0.3) is 0 Å². The van der Waals surface area contributed by atoms with E-state index in [1.807, 2.05) is 5.92 Å². The van der Waals surface area contributed by atoms with Crippen molar-refractivity contribution >= 4 is 11.7 Å². The average Bonchev–Trinajstić information content (AvgIpc) is 2.42. The van der Waals surface area contributed by atoms with Gasteiger partial charge in [-0.05, 0) is 6.07 Å². The minimum absolute atomic E-state index is 0.112. The highest BCUT2D eigenvalue weighted by atomic mass is 16.6. The van der Waals surface area contributed by atoms with Crippen molar-refractivity contribution in [3.8, 4) is 23.3 Å². The molecule has 0 amide bonds. The highest BCUT2D eigenvalue weighted by molar-refractivity contribution is 5.86. The number of carboxylic acids is 1. The third kappa shape index (κ3) is 3.37. The summed E-state index contributed by atoms with van der Waals surface area (Å²) in [6, 6.07) is 2.25. The summed E-state index contributed by atoms with van der Waals surface area (Å²) in [5.74, 6) is 2.50. The summed E-state index contributed by atoms with van der Waals surface area (Å²) < 4.78 is 9.88. The first-order valence-electron chi connectivity index (χ1n) is 5.23. The standard InChI is InChI=1S/C12H11NO7/c1-19-10-5-7(9(14)3-4-12(15)16)8(13(17)18)6-11(10)20-2/h5-6,9,14H,1-2H3,(H,15,16). The zero-order valence-electron chi connectivity index (χ0n) is 10.6. The Balaban J connectivity index is 3.40. The number of benzene rings is 1. The van der Waals surface area contributed by atoms with Gasteiger partial charge in [-0.25, -0.2) is 4.79 Å². The number of carboxylic acid groups (broad SMARTS) is 1. The summed E-state index contributed by atoms with van der Waals surface area (Å²) in [4.78, 5) is 20.5. The summed E-state index contributed by atoms with van der Waals surface area (Å²) in [6.07, 6.45) is -1.63. The molecule has 1 aromatic carbocycles. The molecule has 0 aliphatic carbocycles. The SMILES string of the molecule is COc1cc(C(O)C#CC(=O)O)c([N+](=O)[O-])cc1OC. The van der Waals surface area contributed by atoms with Gasteiger partial charge in [0.1, 0.15) is 6.10 Å². The van der Waals surface area contributed by atoms with Crippen LogP contribution in [0.5, 0.6) is 11.5 Å². The molecule has 8 heteroatoms. The third-order valence-electron chi connectivity index (χ3n) is 2.34. The molecule has 0 saturated carbocycles. The number of aliphatic carboxylic acids is 1. The summed E-state index contributed by atoms with van der Waals surface area (Å²) in [5.41, 5.74) is -0.628. The van der Waals surface area contributed by atoms with Crippen molar-refractivity contribution in [1.82, 2.24) is 0 Å². The highest BCUT2D eigenvalue weighted by Crippen LogP contribution is 2.37. The Bertz CT molecular complexity index is 600. The lowest BCUT2D eigenvalue weighted by Gasteiger charge is -2.11. The van der Waals surface area contributed by atoms with E-state index in [1.165, 1.54) is 20.3 Å². The molecule has 0 fully saturated rings. The molecule has 2 N–H and O–H groups in total. The molecule has 0 aromatic heterocycles. The second-order valence-corrected chi connectivity index (χ2v) is 3.50. The smallest absolute Gasteiger partial charge is 0.382 e. The van der Waals surface area contributed by atoms with Gasteiger partial charge in [0.15, 0.2) is 11.5 Å². The number of carbonyl (C=O) groups is 1. The lowest BCUT2D eigenvalue weighted by atomic mass is 10.1. The molecule has 0 saturated heterocycles. The second-order valence-electron chi connectivity index (χ2n) is 3.50. The fourth-order valence-electron chi connectivity index (χ4n) is 1.47. The maximum absolute atomic E-state index is 11.0. The molecule has 0 radical (unpaired) electrons. The predicted molar refractivity (Wildman–Crippen MR) is 66.6 cm³/mol. The fourth-order valence-corrected chi connectivity index (χ4v) is 1.47. The van der Waals surface area contributed by atoms with Crippen molar-refractivity contribution in [3.05, 3.63) is 27.8 Å². The van der Waals surface area contributed by atoms with E-state index in [0.29, 0.717) is 0 Å². The van der Waals surface area contributed by atoms with Crippen LogP contribution in [-0.2, 0) is 4.79 Å². The van der Waals surface area contributed by atoms with Gasteiger partial charge in [0, 0.05) is 5.92 Å². The van der Waals surface area contributed by atoms with E-state index >= 15 is 0 Å². The van der Waals surface area contributed by atoms with Crippen molar-refractivity contribution in [1.29, 1.82) is 0 Å². The number of aliphatic hydroxyl groups is 1. The number of hydrogen-bond donors (Lipinski definition) is 2. The van der Waals surface area contributed by atoms with E-state index in [9.17, 15) is 20.0 Å². The van der Waals surface area contributed by atoms with Crippen LogP contribution >= 0.6 is 0 Å². The zero-order valence-corrected chi connectivity index (χ0v) is 10.6. The Morgan fingerprint density at radius 2 is 1.90 bits per heavy atom. The number of nitro groups is 1. The van der Waals surface area contributed by atoms with Crippen LogP contribution in [0.2, 0.25) is 0 Å². The molecule has 1 unspecified atom stereocenters. The molecule has 0 spiro atoms. The molecule has 0 heterocycles. The minimum atomic E-state index is -1.63. The molecular formula is C12H11NO7. The molecule has 20 heavy (non-hydrogen) atoms. The summed E-state index contributed by atoms with van der Waals surface area (Å²) in [7, 11) is 2.63. The van der Waals surface area contributed by atoms with Crippen LogP contribution in [0, 0.1) is 22.0 Å². The highest BCUT2D eigenvalue weighted by Gasteiger charge is 2.23. The fraction of sp³-hybridized carbons (Fsp3) is 0.250. The Morgan fingerprint density at radius 1 is 1.35 bits per heavy atom. The number of nitro benzene ring substituents is 1. The van der Waals surface area contributed by atoms with Gasteiger partial charge in [-0.15, -0.1) is 0 Å². The van der Waals surface area contributed by atoms with Crippen molar-refractivity contribution in [2.24, 2.45) is 0 Å². The van der Waals surface area contributed by atoms with E-state index in [1.54, 1.807) is 5.92 Å². The normalized spacial score (nSPS) is 10.9. The molecule has 0 aliphatic heterocycles. The summed E-state index contributed by atoms with van der Waals surface area (Å²) in [6.45, 7) is 0. The molecule has 1 atom stereocenters. The van der Waals surface area contributed by atoms with Gasteiger partial charge in [0.2, 0.25) is 0 Å². The zero-order chi connectivity index (χ0) is 15.3. The summed E-state index contributed by atoms with van der Waals surface area (Å²) >= 11 is 0. The van der Waals surface area contributed by atoms with Gasteiger partial charge < -0.3 is 19.7 Å². The van der Waals surface area contributed by atoms with Crippen molar-refractivity contribution < 1.29 is 29.4 Å². The van der Waals surface area contributed by atoms with Gasteiger partial charge in [-0.2, -0.15) is 0 Å². The Morgan fingerprint density at radius 3 is 2.35 bits per heavy atom. The minimum Gasteiger partial charge on any atom is -0.493 e. The Labute approximate surface area is 113 Å². The van der Waals surface area contributed by atoms with Gasteiger partial charge in [0.25, 0.3) is 5.69 Å². The van der Waals surface area contributed by atoms with Crippen LogP contribution in [-0.4, -0.2) is 35.3 Å². The number of methoxy groups -OCH3 is 2. The number of hydrogen-bond acceptors (Lipinski definition) is 6. The van der Waals surface area contributed by atoms with Crippen LogP contribution in [0.1, 0.15) is 11.7 Å². The first-order valence-corrected chi connectivity index (χ1v) is 5.23. The van der Waals surface area contributed by atoms with Crippen LogP contribution in [0.3, 0.4) is 0 Å². The van der Waals surface area contributed by atoms with Gasteiger partial charge in [-0.1, -0.05) is 5.92 Å². The van der Waals surface area contributed by atoms with Crippen molar-refractivity contribution in [2.45, 2.75) is 6.10 Å². The average molecular weight is 281 g/mol. The lowest BCUT2D eigenvalue weighted by molar-refractivity contribution is -0.386. The van der Waals surface area contributed by atoms with Gasteiger partial charge >= 0.3 is 5.97 Å². The van der Waals surface area contributed by atoms with Crippen molar-refractivity contribution in [2.75, 3.05) is 14.2 Å². The maximum atomic E-state index is 11.0. The molecular weight excluding hydrogens is 270 g/mol. The monoisotopic (exact) mass is 281 g/mol. The topological polar surface area (TPSA) is 119 Å². The Kier molecular flexibility index (Phi) is 4.88. The van der Waals surface area contributed by atoms with E-state index in [-0.39, 0.29) is 17.1 Å². The molecule has 1 aromatic rings.